The maximum Gasteiger partial charge on any atom is 0.357 e. The Bertz CT molecular complexity index is 1310. The van der Waals surface area contributed by atoms with Crippen molar-refractivity contribution in [2.24, 2.45) is 0 Å². The fourth-order valence-corrected chi connectivity index (χ4v) is 3.89. The largest absolute Gasteiger partial charge is 0.497 e. The number of rotatable bonds is 8. The second-order valence-electron chi connectivity index (χ2n) is 8.15. The van der Waals surface area contributed by atoms with Crippen LogP contribution in [0.1, 0.15) is 38.9 Å². The number of aromatic nitrogens is 1. The van der Waals surface area contributed by atoms with Crippen molar-refractivity contribution in [2.45, 2.75) is 20.4 Å². The van der Waals surface area contributed by atoms with Crippen molar-refractivity contribution in [3.63, 3.8) is 0 Å². The van der Waals surface area contributed by atoms with Crippen LogP contribution < -0.4 is 10.1 Å². The van der Waals surface area contributed by atoms with E-state index in [0.717, 1.165) is 16.7 Å². The van der Waals surface area contributed by atoms with Gasteiger partial charge in [0.25, 0.3) is 5.91 Å². The van der Waals surface area contributed by atoms with E-state index in [9.17, 15) is 9.59 Å². The van der Waals surface area contributed by atoms with Gasteiger partial charge in [-0.1, -0.05) is 60.2 Å². The molecule has 1 aromatic heterocycles. The van der Waals surface area contributed by atoms with Crippen LogP contribution in [0.25, 0.3) is 11.1 Å². The van der Waals surface area contributed by atoms with E-state index in [4.69, 9.17) is 9.47 Å². The molecular weight excluding hydrogens is 440 g/mol. The number of nitrogens with one attached hydrogen (secondary N) is 1. The van der Waals surface area contributed by atoms with Gasteiger partial charge >= 0.3 is 5.97 Å². The molecule has 0 radical (unpaired) electrons. The summed E-state index contributed by atoms with van der Waals surface area (Å²) >= 11 is 0. The maximum atomic E-state index is 13.2. The molecule has 6 nitrogen and oxygen atoms in total. The van der Waals surface area contributed by atoms with Gasteiger partial charge in [0, 0.05) is 23.9 Å². The summed E-state index contributed by atoms with van der Waals surface area (Å²) in [6.45, 7) is 4.39. The van der Waals surface area contributed by atoms with Crippen LogP contribution in [0, 0.1) is 6.92 Å². The zero-order valence-corrected chi connectivity index (χ0v) is 20.1. The lowest BCUT2D eigenvalue weighted by Crippen LogP contribution is -2.18. The first-order valence-electron chi connectivity index (χ1n) is 11.5. The van der Waals surface area contributed by atoms with Crippen LogP contribution in [0.15, 0.2) is 85.1 Å². The second kappa shape index (κ2) is 10.7. The number of carbonyl (C=O) groups is 2. The highest BCUT2D eigenvalue weighted by molar-refractivity contribution is 6.10. The number of methoxy groups -OCH3 is 1. The zero-order valence-electron chi connectivity index (χ0n) is 20.1. The molecule has 6 heteroatoms. The van der Waals surface area contributed by atoms with Crippen LogP contribution in [0.5, 0.6) is 5.75 Å². The molecule has 0 aliphatic heterocycles. The summed E-state index contributed by atoms with van der Waals surface area (Å²) in [5.41, 5.74) is 4.83. The molecule has 4 aromatic rings. The van der Waals surface area contributed by atoms with Crippen molar-refractivity contribution in [3.05, 3.63) is 107 Å². The lowest BCUT2D eigenvalue weighted by Gasteiger charge is -2.12. The van der Waals surface area contributed by atoms with E-state index in [1.807, 2.05) is 84.4 Å². The second-order valence-corrected chi connectivity index (χ2v) is 8.15. The SMILES string of the molecule is CCOC(=O)c1c(NC(=O)c2ccc(C)cc2)c(-c2ccc(OC)cc2)cn1Cc1ccccc1. The quantitative estimate of drug-likeness (QED) is 0.325. The molecule has 0 fully saturated rings. The van der Waals surface area contributed by atoms with Crippen LogP contribution in [-0.2, 0) is 11.3 Å². The Labute approximate surface area is 205 Å². The number of esters is 1. The molecule has 0 aliphatic rings. The summed E-state index contributed by atoms with van der Waals surface area (Å²) in [5, 5.41) is 3.00. The minimum Gasteiger partial charge on any atom is -0.497 e. The molecule has 0 aliphatic carbocycles. The minimum absolute atomic E-state index is 0.221. The number of amides is 1. The molecule has 0 unspecified atom stereocenters. The van der Waals surface area contributed by atoms with Crippen LogP contribution >= 0.6 is 0 Å². The standard InChI is InChI=1S/C29H28N2O4/c1-4-35-29(33)27-26(30-28(32)23-12-10-20(2)11-13-23)25(22-14-16-24(34-3)17-15-22)19-31(27)18-21-8-6-5-7-9-21/h5-17,19H,4,18H2,1-3H3,(H,30,32). The normalized spacial score (nSPS) is 10.6. The highest BCUT2D eigenvalue weighted by Gasteiger charge is 2.26. The Hall–Kier alpha value is -4.32. The number of aryl methyl sites for hydroxylation is 1. The number of benzene rings is 3. The van der Waals surface area contributed by atoms with Gasteiger partial charge in [0.05, 0.1) is 19.4 Å². The molecule has 0 atom stereocenters. The van der Waals surface area contributed by atoms with E-state index < -0.39 is 5.97 Å². The van der Waals surface area contributed by atoms with Gasteiger partial charge in [-0.15, -0.1) is 0 Å². The summed E-state index contributed by atoms with van der Waals surface area (Å²) < 4.78 is 12.5. The molecule has 0 saturated carbocycles. The Morgan fingerprint density at radius 2 is 1.60 bits per heavy atom. The first-order valence-corrected chi connectivity index (χ1v) is 11.5. The monoisotopic (exact) mass is 468 g/mol. The van der Waals surface area contributed by atoms with E-state index >= 15 is 0 Å². The van der Waals surface area contributed by atoms with Crippen molar-refractivity contribution >= 4 is 17.6 Å². The first-order chi connectivity index (χ1) is 17.0. The van der Waals surface area contributed by atoms with Gasteiger partial charge in [0.1, 0.15) is 5.75 Å². The number of ether oxygens (including phenoxy) is 2. The first kappa shape index (κ1) is 23.8. The Morgan fingerprint density at radius 3 is 2.23 bits per heavy atom. The molecule has 1 amide bonds. The smallest absolute Gasteiger partial charge is 0.357 e. The van der Waals surface area contributed by atoms with E-state index in [1.54, 1.807) is 26.2 Å². The lowest BCUT2D eigenvalue weighted by molar-refractivity contribution is 0.0515. The zero-order chi connectivity index (χ0) is 24.8. The summed E-state index contributed by atoms with van der Waals surface area (Å²) in [6.07, 6.45) is 1.88. The van der Waals surface area contributed by atoms with Crippen molar-refractivity contribution in [3.8, 4) is 16.9 Å². The van der Waals surface area contributed by atoms with E-state index in [2.05, 4.69) is 5.32 Å². The molecule has 35 heavy (non-hydrogen) atoms. The average molecular weight is 469 g/mol. The van der Waals surface area contributed by atoms with Crippen molar-refractivity contribution in [2.75, 3.05) is 19.0 Å². The minimum atomic E-state index is -0.498. The molecule has 0 saturated heterocycles. The average Bonchev–Trinajstić information content (AvgIpc) is 3.22. The fraction of sp³-hybridized carbons (Fsp3) is 0.172. The lowest BCUT2D eigenvalue weighted by atomic mass is 10.1. The predicted octanol–water partition coefficient (Wildman–Crippen LogP) is 5.95. The van der Waals surface area contributed by atoms with Gasteiger partial charge in [-0.25, -0.2) is 4.79 Å². The van der Waals surface area contributed by atoms with Gasteiger partial charge in [0.2, 0.25) is 0 Å². The van der Waals surface area contributed by atoms with Crippen LogP contribution in [-0.4, -0.2) is 30.2 Å². The molecule has 0 spiro atoms. The molecule has 1 N–H and O–H groups in total. The van der Waals surface area contributed by atoms with E-state index in [0.29, 0.717) is 34.8 Å². The highest BCUT2D eigenvalue weighted by atomic mass is 16.5. The number of carbonyl (C=O) groups excluding carboxylic acids is 2. The molecule has 4 rings (SSSR count). The number of hydrogen-bond donors (Lipinski definition) is 1. The number of hydrogen-bond acceptors (Lipinski definition) is 4. The summed E-state index contributed by atoms with van der Waals surface area (Å²) in [4.78, 5) is 26.4. The third kappa shape index (κ3) is 5.44. The number of anilines is 1. The predicted molar refractivity (Wildman–Crippen MR) is 137 cm³/mol. The third-order valence-corrected chi connectivity index (χ3v) is 5.70. The summed E-state index contributed by atoms with van der Waals surface area (Å²) in [5.74, 6) is -0.0847. The Morgan fingerprint density at radius 1 is 0.914 bits per heavy atom. The molecule has 1 heterocycles. The van der Waals surface area contributed by atoms with Crippen molar-refractivity contribution in [1.29, 1.82) is 0 Å². The van der Waals surface area contributed by atoms with Crippen LogP contribution in [0.3, 0.4) is 0 Å². The van der Waals surface area contributed by atoms with Crippen LogP contribution in [0.4, 0.5) is 5.69 Å². The Kier molecular flexibility index (Phi) is 7.31. The molecule has 0 bridgehead atoms. The summed E-state index contributed by atoms with van der Waals surface area (Å²) in [6, 6.07) is 24.6. The van der Waals surface area contributed by atoms with Crippen molar-refractivity contribution < 1.29 is 19.1 Å². The topological polar surface area (TPSA) is 69.6 Å². The fourth-order valence-electron chi connectivity index (χ4n) is 3.89. The van der Waals surface area contributed by atoms with Gasteiger partial charge in [0.15, 0.2) is 5.69 Å². The van der Waals surface area contributed by atoms with Gasteiger partial charge < -0.3 is 19.4 Å². The molecular formula is C29H28N2O4. The highest BCUT2D eigenvalue weighted by Crippen LogP contribution is 2.35. The third-order valence-electron chi connectivity index (χ3n) is 5.70. The number of nitrogens with zero attached hydrogens (tertiary/aromatic N) is 1. The maximum absolute atomic E-state index is 13.2. The van der Waals surface area contributed by atoms with E-state index in [1.165, 1.54) is 0 Å². The van der Waals surface area contributed by atoms with Gasteiger partial charge in [-0.05, 0) is 49.2 Å². The summed E-state index contributed by atoms with van der Waals surface area (Å²) in [7, 11) is 1.61. The Balaban J connectivity index is 1.85. The van der Waals surface area contributed by atoms with E-state index in [-0.39, 0.29) is 12.5 Å². The van der Waals surface area contributed by atoms with Gasteiger partial charge in [-0.2, -0.15) is 0 Å². The van der Waals surface area contributed by atoms with Crippen LogP contribution in [0.2, 0.25) is 0 Å². The molecule has 3 aromatic carbocycles. The van der Waals surface area contributed by atoms with Crippen molar-refractivity contribution in [1.82, 2.24) is 4.57 Å². The van der Waals surface area contributed by atoms with Gasteiger partial charge in [-0.3, -0.25) is 4.79 Å². The molecule has 178 valence electrons.